The summed E-state index contributed by atoms with van der Waals surface area (Å²) >= 11 is 11.6. The molecule has 0 saturated heterocycles. The minimum absolute atomic E-state index is 0.00123. The SMILES string of the molecule is O=C(CO[N+](=O)[O-])OCOC(=O)C1=Cc2cc(Cl)cc(Cl)c2O[C@@H]1C(F)(F)F. The molecular formula is C14H8Cl2F3NO8. The Morgan fingerprint density at radius 2 is 1.93 bits per heavy atom. The van der Waals surface area contributed by atoms with Crippen LogP contribution in [0.25, 0.3) is 6.08 Å². The zero-order valence-electron chi connectivity index (χ0n) is 13.3. The largest absolute Gasteiger partial charge is 0.474 e. The minimum Gasteiger partial charge on any atom is -0.474 e. The first-order valence-electron chi connectivity index (χ1n) is 7.03. The zero-order valence-corrected chi connectivity index (χ0v) is 14.8. The van der Waals surface area contributed by atoms with Crippen LogP contribution in [0.2, 0.25) is 10.0 Å². The van der Waals surface area contributed by atoms with Gasteiger partial charge in [0.15, 0.2) is 6.61 Å². The van der Waals surface area contributed by atoms with Gasteiger partial charge >= 0.3 is 18.1 Å². The monoisotopic (exact) mass is 445 g/mol. The number of carbonyl (C=O) groups is 2. The third-order valence-electron chi connectivity index (χ3n) is 3.10. The van der Waals surface area contributed by atoms with Crippen LogP contribution in [0, 0.1) is 10.1 Å². The van der Waals surface area contributed by atoms with E-state index in [4.69, 9.17) is 27.9 Å². The molecule has 0 unspecified atom stereocenters. The van der Waals surface area contributed by atoms with Crippen molar-refractivity contribution in [3.8, 4) is 5.75 Å². The Morgan fingerprint density at radius 1 is 1.25 bits per heavy atom. The summed E-state index contributed by atoms with van der Waals surface area (Å²) in [6, 6.07) is 2.39. The van der Waals surface area contributed by atoms with Crippen LogP contribution < -0.4 is 4.74 Å². The Labute approximate surface area is 163 Å². The number of halogens is 5. The van der Waals surface area contributed by atoms with E-state index in [1.54, 1.807) is 0 Å². The van der Waals surface area contributed by atoms with Crippen LogP contribution in [0.4, 0.5) is 13.2 Å². The summed E-state index contributed by atoms with van der Waals surface area (Å²) in [5, 5.41) is 8.54. The molecular weight excluding hydrogens is 438 g/mol. The molecule has 1 aromatic carbocycles. The molecule has 0 amide bonds. The highest BCUT2D eigenvalue weighted by molar-refractivity contribution is 6.36. The van der Waals surface area contributed by atoms with Crippen molar-refractivity contribution in [1.29, 1.82) is 0 Å². The van der Waals surface area contributed by atoms with Crippen molar-refractivity contribution >= 4 is 41.2 Å². The predicted molar refractivity (Wildman–Crippen MR) is 84.9 cm³/mol. The van der Waals surface area contributed by atoms with Crippen molar-refractivity contribution in [1.82, 2.24) is 0 Å². The van der Waals surface area contributed by atoms with Gasteiger partial charge in [-0.05, 0) is 18.2 Å². The second-order valence-corrected chi connectivity index (χ2v) is 5.85. The Morgan fingerprint density at radius 3 is 2.54 bits per heavy atom. The van der Waals surface area contributed by atoms with Gasteiger partial charge in [-0.3, -0.25) is 0 Å². The average molecular weight is 446 g/mol. The predicted octanol–water partition coefficient (Wildman–Crippen LogP) is 2.95. The van der Waals surface area contributed by atoms with Crippen molar-refractivity contribution in [3.05, 3.63) is 43.4 Å². The zero-order chi connectivity index (χ0) is 21.1. The van der Waals surface area contributed by atoms with Crippen LogP contribution in [0.1, 0.15) is 5.56 Å². The molecule has 1 heterocycles. The number of benzene rings is 1. The average Bonchev–Trinajstić information content (AvgIpc) is 2.57. The van der Waals surface area contributed by atoms with E-state index in [1.807, 2.05) is 0 Å². The summed E-state index contributed by atoms with van der Waals surface area (Å²) in [4.78, 5) is 36.7. The molecule has 1 aliphatic heterocycles. The van der Waals surface area contributed by atoms with Crippen LogP contribution in [-0.2, 0) is 23.9 Å². The highest BCUT2D eigenvalue weighted by Gasteiger charge is 2.49. The molecule has 0 aliphatic carbocycles. The van der Waals surface area contributed by atoms with Gasteiger partial charge in [0, 0.05) is 10.6 Å². The molecule has 1 atom stereocenters. The molecule has 0 fully saturated rings. The fourth-order valence-corrected chi connectivity index (χ4v) is 2.58. The van der Waals surface area contributed by atoms with Gasteiger partial charge in [0.2, 0.25) is 12.9 Å². The fourth-order valence-electron chi connectivity index (χ4n) is 2.02. The van der Waals surface area contributed by atoms with Gasteiger partial charge in [-0.15, -0.1) is 10.1 Å². The Bertz CT molecular complexity index is 843. The van der Waals surface area contributed by atoms with E-state index in [9.17, 15) is 32.9 Å². The van der Waals surface area contributed by atoms with E-state index in [0.717, 1.165) is 6.08 Å². The molecule has 9 nitrogen and oxygen atoms in total. The van der Waals surface area contributed by atoms with Crippen LogP contribution in [0.15, 0.2) is 17.7 Å². The lowest BCUT2D eigenvalue weighted by Crippen LogP contribution is -2.41. The molecule has 2 rings (SSSR count). The molecule has 152 valence electrons. The Kier molecular flexibility index (Phi) is 6.56. The van der Waals surface area contributed by atoms with Crippen molar-refractivity contribution < 1.29 is 46.9 Å². The molecule has 1 aliphatic rings. The summed E-state index contributed by atoms with van der Waals surface area (Å²) in [7, 11) is 0. The van der Waals surface area contributed by atoms with E-state index in [-0.39, 0.29) is 21.4 Å². The minimum atomic E-state index is -5.00. The van der Waals surface area contributed by atoms with Gasteiger partial charge in [0.1, 0.15) is 5.75 Å². The lowest BCUT2D eigenvalue weighted by atomic mass is 10.0. The summed E-state index contributed by atoms with van der Waals surface area (Å²) in [5.41, 5.74) is -0.947. The molecule has 0 spiro atoms. The van der Waals surface area contributed by atoms with Crippen LogP contribution in [-0.4, -0.2) is 42.7 Å². The molecule has 28 heavy (non-hydrogen) atoms. The quantitative estimate of drug-likeness (QED) is 0.284. The maximum atomic E-state index is 13.3. The second kappa shape index (κ2) is 8.52. The second-order valence-electron chi connectivity index (χ2n) is 5.01. The molecule has 1 aromatic rings. The first-order chi connectivity index (χ1) is 13.0. The summed E-state index contributed by atoms with van der Waals surface area (Å²) in [6.45, 7) is -2.20. The van der Waals surface area contributed by atoms with Crippen LogP contribution in [0.3, 0.4) is 0 Å². The maximum Gasteiger partial charge on any atom is 0.430 e. The molecule has 0 radical (unpaired) electrons. The maximum absolute atomic E-state index is 13.3. The van der Waals surface area contributed by atoms with Crippen molar-refractivity contribution in [2.45, 2.75) is 12.3 Å². The number of hydrogen-bond acceptors (Lipinski definition) is 8. The number of fused-ring (bicyclic) bond motifs is 1. The van der Waals surface area contributed by atoms with Gasteiger partial charge in [-0.2, -0.15) is 13.2 Å². The van der Waals surface area contributed by atoms with Crippen molar-refractivity contribution in [2.24, 2.45) is 0 Å². The summed E-state index contributed by atoms with van der Waals surface area (Å²) in [6.07, 6.45) is -6.86. The van der Waals surface area contributed by atoms with E-state index < -0.39 is 48.3 Å². The first-order valence-corrected chi connectivity index (χ1v) is 7.78. The van der Waals surface area contributed by atoms with E-state index in [0.29, 0.717) is 0 Å². The number of nitrogens with zero attached hydrogens (tertiary/aromatic N) is 1. The number of rotatable bonds is 6. The number of hydrogen-bond donors (Lipinski definition) is 0. The highest BCUT2D eigenvalue weighted by Crippen LogP contribution is 2.42. The van der Waals surface area contributed by atoms with Gasteiger partial charge < -0.3 is 19.0 Å². The number of alkyl halides is 3. The number of carbonyl (C=O) groups excluding carboxylic acids is 2. The lowest BCUT2D eigenvalue weighted by molar-refractivity contribution is -0.754. The summed E-state index contributed by atoms with van der Waals surface area (Å²) < 4.78 is 53.4. The fraction of sp³-hybridized carbons (Fsp3) is 0.286. The lowest BCUT2D eigenvalue weighted by Gasteiger charge is -2.28. The van der Waals surface area contributed by atoms with Gasteiger partial charge in [-0.1, -0.05) is 23.2 Å². The van der Waals surface area contributed by atoms with E-state index in [2.05, 4.69) is 14.3 Å². The van der Waals surface area contributed by atoms with Gasteiger partial charge in [0.25, 0.3) is 5.09 Å². The summed E-state index contributed by atoms with van der Waals surface area (Å²) in [5.74, 6) is -3.12. The molecule has 0 saturated carbocycles. The van der Waals surface area contributed by atoms with E-state index >= 15 is 0 Å². The third-order valence-corrected chi connectivity index (χ3v) is 3.60. The number of ether oxygens (including phenoxy) is 3. The number of esters is 2. The van der Waals surface area contributed by atoms with Crippen molar-refractivity contribution in [2.75, 3.05) is 13.4 Å². The van der Waals surface area contributed by atoms with Gasteiger partial charge in [0.05, 0.1) is 10.6 Å². The first kappa shape index (κ1) is 21.6. The van der Waals surface area contributed by atoms with Crippen LogP contribution >= 0.6 is 23.2 Å². The van der Waals surface area contributed by atoms with Crippen molar-refractivity contribution in [3.63, 3.8) is 0 Å². The van der Waals surface area contributed by atoms with Gasteiger partial charge in [-0.25, -0.2) is 9.59 Å². The molecule has 0 N–H and O–H groups in total. The third kappa shape index (κ3) is 5.39. The topological polar surface area (TPSA) is 114 Å². The Balaban J connectivity index is 2.15. The highest BCUT2D eigenvalue weighted by atomic mass is 35.5. The van der Waals surface area contributed by atoms with Crippen LogP contribution in [0.5, 0.6) is 5.75 Å². The molecule has 0 bridgehead atoms. The Hall–Kier alpha value is -2.73. The molecule has 0 aromatic heterocycles. The normalized spacial score (nSPS) is 15.6. The standard InChI is InChI=1S/C14H8Cl2F3NO8/c15-7-1-6-2-8(12(14(17,18)19)28-11(6)9(16)3-7)13(22)26-5-25-10(21)4-27-20(23)24/h1-3,12H,4-5H2/t12-/m0/s1. The molecule has 14 heteroatoms. The smallest absolute Gasteiger partial charge is 0.430 e. The van der Waals surface area contributed by atoms with E-state index in [1.165, 1.54) is 12.1 Å².